The third kappa shape index (κ3) is 3.14. The van der Waals surface area contributed by atoms with Crippen molar-refractivity contribution < 1.29 is 14.6 Å². The molecule has 0 aromatic heterocycles. The van der Waals surface area contributed by atoms with E-state index < -0.39 is 0 Å². The first-order valence-corrected chi connectivity index (χ1v) is 5.47. The molecule has 3 nitrogen and oxygen atoms in total. The van der Waals surface area contributed by atoms with Crippen LogP contribution in [0.25, 0.3) is 0 Å². The quantitative estimate of drug-likeness (QED) is 0.833. The van der Waals surface area contributed by atoms with Gasteiger partial charge in [-0.05, 0) is 30.0 Å². The van der Waals surface area contributed by atoms with Crippen molar-refractivity contribution in [1.29, 1.82) is 0 Å². The molecule has 3 heteroatoms. The summed E-state index contributed by atoms with van der Waals surface area (Å²) in [6.07, 6.45) is 0.316. The standard InChI is InChI=1S/C13H20O3/c1-9(2)11(14)7-10-5-6-12(15-3)13(8-10)16-4/h5-6,8-9,11,14H,7H2,1-4H3. The highest BCUT2D eigenvalue weighted by Gasteiger charge is 2.12. The molecule has 1 aromatic rings. The van der Waals surface area contributed by atoms with E-state index in [2.05, 4.69) is 0 Å². The normalized spacial score (nSPS) is 12.6. The van der Waals surface area contributed by atoms with E-state index in [1.54, 1.807) is 14.2 Å². The molecule has 0 heterocycles. The predicted molar refractivity (Wildman–Crippen MR) is 64.1 cm³/mol. The molecule has 1 rings (SSSR count). The van der Waals surface area contributed by atoms with E-state index in [0.29, 0.717) is 17.9 Å². The Hall–Kier alpha value is -1.22. The summed E-state index contributed by atoms with van der Waals surface area (Å²) in [7, 11) is 3.22. The van der Waals surface area contributed by atoms with Gasteiger partial charge in [-0.25, -0.2) is 0 Å². The summed E-state index contributed by atoms with van der Waals surface area (Å²) in [5.41, 5.74) is 1.05. The average Bonchev–Trinajstić information content (AvgIpc) is 2.28. The third-order valence-electron chi connectivity index (χ3n) is 2.66. The van der Waals surface area contributed by atoms with Crippen LogP contribution in [0.1, 0.15) is 19.4 Å². The second-order valence-electron chi connectivity index (χ2n) is 4.20. The molecule has 0 bridgehead atoms. The van der Waals surface area contributed by atoms with Gasteiger partial charge in [0.25, 0.3) is 0 Å². The number of ether oxygens (including phenoxy) is 2. The third-order valence-corrected chi connectivity index (χ3v) is 2.66. The van der Waals surface area contributed by atoms with Crippen LogP contribution in [0.5, 0.6) is 11.5 Å². The van der Waals surface area contributed by atoms with E-state index in [4.69, 9.17) is 9.47 Å². The molecule has 0 aliphatic rings. The fourth-order valence-electron chi connectivity index (χ4n) is 1.48. The highest BCUT2D eigenvalue weighted by Crippen LogP contribution is 2.28. The maximum atomic E-state index is 9.80. The van der Waals surface area contributed by atoms with Gasteiger partial charge < -0.3 is 14.6 Å². The minimum absolute atomic E-state index is 0.257. The summed E-state index contributed by atoms with van der Waals surface area (Å²) in [5, 5.41) is 9.80. The Balaban J connectivity index is 2.82. The first-order valence-electron chi connectivity index (χ1n) is 5.47. The molecule has 1 unspecified atom stereocenters. The molecule has 1 aromatic carbocycles. The Bertz CT molecular complexity index is 334. The summed E-state index contributed by atoms with van der Waals surface area (Å²) in [6.45, 7) is 4.01. The topological polar surface area (TPSA) is 38.7 Å². The summed E-state index contributed by atoms with van der Waals surface area (Å²) < 4.78 is 10.4. The van der Waals surface area contributed by atoms with Crippen molar-refractivity contribution in [3.8, 4) is 11.5 Å². The summed E-state index contributed by atoms with van der Waals surface area (Å²) in [4.78, 5) is 0. The maximum Gasteiger partial charge on any atom is 0.160 e. The predicted octanol–water partition coefficient (Wildman–Crippen LogP) is 2.26. The van der Waals surface area contributed by atoms with Crippen molar-refractivity contribution >= 4 is 0 Å². The van der Waals surface area contributed by atoms with Gasteiger partial charge in [-0.15, -0.1) is 0 Å². The molecule has 0 fully saturated rings. The van der Waals surface area contributed by atoms with Crippen LogP contribution < -0.4 is 9.47 Å². The van der Waals surface area contributed by atoms with Crippen molar-refractivity contribution in [3.63, 3.8) is 0 Å². The van der Waals surface area contributed by atoms with Crippen molar-refractivity contribution in [2.24, 2.45) is 5.92 Å². The van der Waals surface area contributed by atoms with Crippen LogP contribution in [0.3, 0.4) is 0 Å². The van der Waals surface area contributed by atoms with Gasteiger partial charge in [-0.3, -0.25) is 0 Å². The van der Waals surface area contributed by atoms with Crippen molar-refractivity contribution in [1.82, 2.24) is 0 Å². The number of hydrogen-bond acceptors (Lipinski definition) is 3. The van der Waals surface area contributed by atoms with Crippen LogP contribution in [0.15, 0.2) is 18.2 Å². The fourth-order valence-corrected chi connectivity index (χ4v) is 1.48. The number of rotatable bonds is 5. The minimum atomic E-state index is -0.321. The molecule has 90 valence electrons. The van der Waals surface area contributed by atoms with Gasteiger partial charge in [0.1, 0.15) is 0 Å². The Kier molecular flexibility index (Phi) is 4.62. The zero-order valence-corrected chi connectivity index (χ0v) is 10.4. The molecule has 0 spiro atoms. The highest BCUT2D eigenvalue weighted by molar-refractivity contribution is 5.43. The monoisotopic (exact) mass is 224 g/mol. The van der Waals surface area contributed by atoms with E-state index >= 15 is 0 Å². The summed E-state index contributed by atoms with van der Waals surface area (Å²) in [5.74, 6) is 1.68. The van der Waals surface area contributed by atoms with Crippen LogP contribution in [0.4, 0.5) is 0 Å². The van der Waals surface area contributed by atoms with Crippen molar-refractivity contribution in [2.75, 3.05) is 14.2 Å². The number of aliphatic hydroxyl groups is 1. The van der Waals surface area contributed by atoms with E-state index in [1.807, 2.05) is 32.0 Å². The van der Waals surface area contributed by atoms with Crippen molar-refractivity contribution in [2.45, 2.75) is 26.4 Å². The van der Waals surface area contributed by atoms with E-state index in [9.17, 15) is 5.11 Å². The van der Waals surface area contributed by atoms with E-state index in [1.165, 1.54) is 0 Å². The number of methoxy groups -OCH3 is 2. The molecule has 0 amide bonds. The molecule has 1 N–H and O–H groups in total. The zero-order chi connectivity index (χ0) is 12.1. The highest BCUT2D eigenvalue weighted by atomic mass is 16.5. The lowest BCUT2D eigenvalue weighted by atomic mass is 9.99. The Morgan fingerprint density at radius 1 is 1.12 bits per heavy atom. The van der Waals surface area contributed by atoms with Gasteiger partial charge in [-0.1, -0.05) is 19.9 Å². The Morgan fingerprint density at radius 2 is 1.75 bits per heavy atom. The molecule has 0 aliphatic heterocycles. The molecular weight excluding hydrogens is 204 g/mol. The lowest BCUT2D eigenvalue weighted by Gasteiger charge is -2.15. The SMILES string of the molecule is COc1ccc(CC(O)C(C)C)cc1OC. The fraction of sp³-hybridized carbons (Fsp3) is 0.538. The molecule has 1 atom stereocenters. The molecule has 0 aliphatic carbocycles. The Labute approximate surface area is 97.0 Å². The maximum absolute atomic E-state index is 9.80. The van der Waals surface area contributed by atoms with Crippen LogP contribution in [-0.4, -0.2) is 25.4 Å². The van der Waals surface area contributed by atoms with Crippen LogP contribution in [-0.2, 0) is 6.42 Å². The molecule has 0 saturated carbocycles. The van der Waals surface area contributed by atoms with Gasteiger partial charge in [0.15, 0.2) is 11.5 Å². The lowest BCUT2D eigenvalue weighted by Crippen LogP contribution is -2.17. The molecule has 0 radical (unpaired) electrons. The van der Waals surface area contributed by atoms with Gasteiger partial charge in [0.2, 0.25) is 0 Å². The zero-order valence-electron chi connectivity index (χ0n) is 10.4. The second-order valence-corrected chi connectivity index (χ2v) is 4.20. The minimum Gasteiger partial charge on any atom is -0.493 e. The molecular formula is C13H20O3. The molecule has 16 heavy (non-hydrogen) atoms. The largest absolute Gasteiger partial charge is 0.493 e. The number of benzene rings is 1. The first kappa shape index (κ1) is 12.8. The first-order chi connectivity index (χ1) is 7.58. The van der Waals surface area contributed by atoms with Gasteiger partial charge in [0.05, 0.1) is 20.3 Å². The Morgan fingerprint density at radius 3 is 2.25 bits per heavy atom. The van der Waals surface area contributed by atoms with E-state index in [-0.39, 0.29) is 12.0 Å². The van der Waals surface area contributed by atoms with E-state index in [0.717, 1.165) is 5.56 Å². The van der Waals surface area contributed by atoms with Crippen molar-refractivity contribution in [3.05, 3.63) is 23.8 Å². The second kappa shape index (κ2) is 5.75. The lowest BCUT2D eigenvalue weighted by molar-refractivity contribution is 0.125. The van der Waals surface area contributed by atoms with Crippen LogP contribution in [0, 0.1) is 5.92 Å². The number of hydrogen-bond donors (Lipinski definition) is 1. The summed E-state index contributed by atoms with van der Waals surface area (Å²) in [6, 6.07) is 5.72. The summed E-state index contributed by atoms with van der Waals surface area (Å²) >= 11 is 0. The van der Waals surface area contributed by atoms with Crippen LogP contribution in [0.2, 0.25) is 0 Å². The van der Waals surface area contributed by atoms with Gasteiger partial charge in [-0.2, -0.15) is 0 Å². The van der Waals surface area contributed by atoms with Crippen LogP contribution >= 0.6 is 0 Å². The average molecular weight is 224 g/mol. The van der Waals surface area contributed by atoms with Gasteiger partial charge in [0, 0.05) is 0 Å². The smallest absolute Gasteiger partial charge is 0.160 e. The van der Waals surface area contributed by atoms with Gasteiger partial charge >= 0.3 is 0 Å². The number of aliphatic hydroxyl groups excluding tert-OH is 1. The molecule has 0 saturated heterocycles.